The Morgan fingerprint density at radius 2 is 0.598 bits per heavy atom. The van der Waals surface area contributed by atoms with Gasteiger partial charge in [0, 0.05) is 90.0 Å². The van der Waals surface area contributed by atoms with Crippen LogP contribution in [0.5, 0.6) is 0 Å². The number of methoxy groups -OCH3 is 2. The molecule has 11 nitrogen and oxygen atoms in total. The summed E-state index contributed by atoms with van der Waals surface area (Å²) in [4.78, 5) is 51.9. The summed E-state index contributed by atoms with van der Waals surface area (Å²) in [6.07, 6.45) is 8.24. The second-order valence-electron chi connectivity index (χ2n) is 23.2. The van der Waals surface area contributed by atoms with E-state index in [1.807, 2.05) is 54.6 Å². The van der Waals surface area contributed by atoms with E-state index in [9.17, 15) is 9.59 Å². The van der Waals surface area contributed by atoms with Crippen LogP contribution in [-0.2, 0) is 9.47 Å². The zero-order valence-corrected chi connectivity index (χ0v) is 53.0. The number of anilines is 9. The molecule has 15 rings (SSSR count). The summed E-state index contributed by atoms with van der Waals surface area (Å²) in [7, 11) is 2.54. The number of H-pyrrole nitrogens is 2. The smallest absolute Gasteiger partial charge is 0.338 e. The molecule has 2 aliphatic rings. The lowest BCUT2D eigenvalue weighted by Gasteiger charge is -2.25. The van der Waals surface area contributed by atoms with Gasteiger partial charge in [-0.25, -0.2) is 19.6 Å². The Labute approximate surface area is 561 Å². The number of hydrogen-bond acceptors (Lipinski definition) is 9. The van der Waals surface area contributed by atoms with E-state index in [2.05, 4.69) is 285 Å². The van der Waals surface area contributed by atoms with Crippen LogP contribution < -0.4 is 14.7 Å². The van der Waals surface area contributed by atoms with Crippen molar-refractivity contribution in [2.24, 2.45) is 0 Å². The molecular formula is C86H61N7O4. The standard InChI is InChI=1S/C86H61N7O4/c1-96-85(94)71-47-33-58(57-73(71)86(95)97-2)34-48-72-74-49-51-76(87-74)82(59-35-41-68(42-36-59)91(62-21-9-3-10-22-62)63-23-11-4-12-24-63)78-53-55-80(89-78)84(61-39-45-70(46-40-61)93(66-29-17-7-18-30-66)67-31-19-8-20-32-67)81-56-54-79(90-81)83(77-52-50-75(72)88-77)60-37-43-69(44-38-60)92(64-25-13-5-14-26-64)65-27-15-6-16-28-65/h3-33,35-47,49-57,87,90H,1-2H3. The Morgan fingerprint density at radius 3 is 0.938 bits per heavy atom. The minimum atomic E-state index is -0.695. The van der Waals surface area contributed by atoms with Crippen LogP contribution in [0.25, 0.3) is 79.8 Å². The number of carbonyl (C=O) groups excluding carboxylic acids is 2. The van der Waals surface area contributed by atoms with Crippen molar-refractivity contribution < 1.29 is 19.1 Å². The number of nitrogens with zero attached hydrogens (tertiary/aromatic N) is 5. The summed E-state index contributed by atoms with van der Waals surface area (Å²) in [5.41, 5.74) is 21.6. The molecule has 13 aromatic rings. The molecule has 0 unspecified atom stereocenters. The third-order valence-electron chi connectivity index (χ3n) is 17.2. The van der Waals surface area contributed by atoms with Gasteiger partial charge in [-0.1, -0.05) is 157 Å². The van der Waals surface area contributed by atoms with Crippen LogP contribution in [0.4, 0.5) is 51.2 Å². The molecule has 2 aliphatic heterocycles. The van der Waals surface area contributed by atoms with E-state index in [1.54, 1.807) is 12.1 Å². The maximum atomic E-state index is 13.2. The Hall–Kier alpha value is -13.3. The van der Waals surface area contributed by atoms with Crippen molar-refractivity contribution in [1.29, 1.82) is 0 Å². The molecule has 0 amide bonds. The van der Waals surface area contributed by atoms with Gasteiger partial charge in [0.25, 0.3) is 0 Å². The first-order chi connectivity index (χ1) is 47.8. The second kappa shape index (κ2) is 26.7. The lowest BCUT2D eigenvalue weighted by atomic mass is 10.0. The van der Waals surface area contributed by atoms with Gasteiger partial charge in [0.05, 0.1) is 59.2 Å². The van der Waals surface area contributed by atoms with Crippen molar-refractivity contribution in [3.05, 3.63) is 342 Å². The molecule has 464 valence electrons. The SMILES string of the molecule is COC(=O)c1ccc(C#Cc2c3nc(c(-c4ccc(N(c5ccccc5)c5ccccc5)cc4)c4ccc([nH]4)c(-c4ccc(N(c5ccccc5)c5ccccc5)cc4)c4nc(c(-c5ccc(N(c6ccccc6)c6ccccc6)cc5)c5ccc2[nH]5)C=C4)C=C3)cc1C(=O)OC. The highest BCUT2D eigenvalue weighted by molar-refractivity contribution is 6.04. The number of benzene rings is 10. The van der Waals surface area contributed by atoms with Gasteiger partial charge in [0.1, 0.15) is 0 Å². The zero-order valence-electron chi connectivity index (χ0n) is 53.0. The second-order valence-corrected chi connectivity index (χ2v) is 23.2. The Balaban J connectivity index is 0.979. The van der Waals surface area contributed by atoms with E-state index in [-0.39, 0.29) is 11.1 Å². The molecule has 0 spiro atoms. The fourth-order valence-electron chi connectivity index (χ4n) is 12.7. The van der Waals surface area contributed by atoms with Crippen LogP contribution in [0.3, 0.4) is 0 Å². The molecule has 11 heteroatoms. The molecule has 0 aliphatic carbocycles. The summed E-state index contributed by atoms with van der Waals surface area (Å²) in [6, 6.07) is 101. The Morgan fingerprint density at radius 1 is 0.309 bits per heavy atom. The summed E-state index contributed by atoms with van der Waals surface area (Å²) < 4.78 is 10.2. The number of aromatic amines is 2. The molecule has 0 saturated heterocycles. The summed E-state index contributed by atoms with van der Waals surface area (Å²) in [5, 5.41) is 0. The number of aromatic nitrogens is 4. The summed E-state index contributed by atoms with van der Waals surface area (Å²) in [5.74, 6) is 5.46. The predicted octanol–water partition coefficient (Wildman–Crippen LogP) is 21.0. The highest BCUT2D eigenvalue weighted by Gasteiger charge is 2.23. The molecule has 10 aromatic carbocycles. The molecule has 3 aromatic heterocycles. The van der Waals surface area contributed by atoms with Crippen LogP contribution >= 0.6 is 0 Å². The largest absolute Gasteiger partial charge is 0.465 e. The van der Waals surface area contributed by atoms with Gasteiger partial charge in [-0.05, 0) is 193 Å². The number of ether oxygens (including phenoxy) is 2. The van der Waals surface area contributed by atoms with Gasteiger partial charge in [-0.15, -0.1) is 0 Å². The van der Waals surface area contributed by atoms with Crippen molar-refractivity contribution in [2.45, 2.75) is 0 Å². The lowest BCUT2D eigenvalue weighted by molar-refractivity contribution is 0.0555. The molecule has 8 bridgehead atoms. The number of fused-ring (bicyclic) bond motifs is 8. The van der Waals surface area contributed by atoms with E-state index < -0.39 is 11.9 Å². The van der Waals surface area contributed by atoms with Crippen molar-refractivity contribution in [3.8, 4) is 45.2 Å². The zero-order chi connectivity index (χ0) is 65.6. The normalized spacial score (nSPS) is 11.3. The molecule has 2 N–H and O–H groups in total. The van der Waals surface area contributed by atoms with Gasteiger partial charge < -0.3 is 34.1 Å². The average molecular weight is 1260 g/mol. The van der Waals surface area contributed by atoms with E-state index >= 15 is 0 Å². The maximum absolute atomic E-state index is 13.2. The first-order valence-electron chi connectivity index (χ1n) is 31.8. The first kappa shape index (κ1) is 60.0. The number of carbonyl (C=O) groups is 2. The average Bonchev–Trinajstić information content (AvgIpc) is 1.71. The van der Waals surface area contributed by atoms with Gasteiger partial charge in [0.2, 0.25) is 0 Å². The number of para-hydroxylation sites is 6. The number of esters is 2. The van der Waals surface area contributed by atoms with Crippen LogP contribution in [0.1, 0.15) is 54.6 Å². The van der Waals surface area contributed by atoms with Crippen molar-refractivity contribution in [3.63, 3.8) is 0 Å². The molecule has 0 radical (unpaired) electrons. The minimum Gasteiger partial charge on any atom is -0.465 e. The van der Waals surface area contributed by atoms with Crippen LogP contribution in [0, 0.1) is 11.8 Å². The van der Waals surface area contributed by atoms with E-state index in [0.29, 0.717) is 28.0 Å². The molecule has 0 saturated carbocycles. The Bertz CT molecular complexity index is 5130. The Kier molecular flexibility index (Phi) is 16.5. The quantitative estimate of drug-likeness (QED) is 0.0810. The number of rotatable bonds is 14. The van der Waals surface area contributed by atoms with Crippen molar-refractivity contribution in [2.75, 3.05) is 28.9 Å². The van der Waals surface area contributed by atoms with Crippen LogP contribution in [-0.4, -0.2) is 46.1 Å². The van der Waals surface area contributed by atoms with Crippen molar-refractivity contribution >= 4 is 109 Å². The molecule has 5 heterocycles. The van der Waals surface area contributed by atoms with E-state index in [1.165, 1.54) is 20.3 Å². The topological polar surface area (TPSA) is 120 Å². The molecule has 0 atom stereocenters. The fraction of sp³-hybridized carbons (Fsp3) is 0.0233. The lowest BCUT2D eigenvalue weighted by Crippen LogP contribution is -2.12. The van der Waals surface area contributed by atoms with E-state index in [0.717, 1.165) is 113 Å². The summed E-state index contributed by atoms with van der Waals surface area (Å²) >= 11 is 0. The van der Waals surface area contributed by atoms with Gasteiger partial charge in [-0.2, -0.15) is 0 Å². The first-order valence-corrected chi connectivity index (χ1v) is 31.8. The monoisotopic (exact) mass is 1260 g/mol. The minimum absolute atomic E-state index is 0.0314. The van der Waals surface area contributed by atoms with Crippen LogP contribution in [0.2, 0.25) is 0 Å². The van der Waals surface area contributed by atoms with Gasteiger partial charge in [-0.3, -0.25) is 0 Å². The van der Waals surface area contributed by atoms with E-state index in [4.69, 9.17) is 19.4 Å². The predicted molar refractivity (Wildman–Crippen MR) is 394 cm³/mol. The third-order valence-corrected chi connectivity index (χ3v) is 17.2. The highest BCUT2D eigenvalue weighted by Crippen LogP contribution is 2.43. The maximum Gasteiger partial charge on any atom is 0.338 e. The number of nitrogens with one attached hydrogen (secondary N) is 2. The van der Waals surface area contributed by atoms with Crippen molar-refractivity contribution in [1.82, 2.24) is 19.9 Å². The number of hydrogen-bond donors (Lipinski definition) is 2. The van der Waals surface area contributed by atoms with Crippen LogP contribution in [0.15, 0.2) is 297 Å². The summed E-state index contributed by atoms with van der Waals surface area (Å²) in [6.45, 7) is 0. The highest BCUT2D eigenvalue weighted by atomic mass is 16.5. The molecule has 0 fully saturated rings. The fourth-order valence-corrected chi connectivity index (χ4v) is 12.7. The van der Waals surface area contributed by atoms with Gasteiger partial charge >= 0.3 is 11.9 Å². The van der Waals surface area contributed by atoms with Gasteiger partial charge in [0.15, 0.2) is 0 Å². The molecule has 97 heavy (non-hydrogen) atoms. The third kappa shape index (κ3) is 12.1. The molecular weight excluding hydrogens is 1190 g/mol.